The highest BCUT2D eigenvalue weighted by Crippen LogP contribution is 2.16. The molecule has 0 amide bonds. The molecule has 53 heavy (non-hydrogen) atoms. The van der Waals surface area contributed by atoms with Crippen molar-refractivity contribution in [3.05, 3.63) is 0 Å². The van der Waals surface area contributed by atoms with Gasteiger partial charge in [0.2, 0.25) is 0 Å². The third-order valence-corrected chi connectivity index (χ3v) is 9.71. The van der Waals surface area contributed by atoms with Gasteiger partial charge in [0.15, 0.2) is 0 Å². The van der Waals surface area contributed by atoms with Gasteiger partial charge in [-0.25, -0.2) is 4.79 Å². The molecular formula is C43H82F3NO6. The average molecular weight is 766 g/mol. The predicted molar refractivity (Wildman–Crippen MR) is 212 cm³/mol. The first kappa shape index (κ1) is 53.3. The molecule has 0 aliphatic heterocycles. The van der Waals surface area contributed by atoms with Gasteiger partial charge in [0.1, 0.15) is 6.04 Å². The standard InChI is InChI=1S/C41H81NO4.C2HF3O2/c1-3-5-7-9-11-13-15-17-19-21-23-25-27-29-31-33-37-45-40(43)36-35-39(42)41(44)46-38-34-32-30-28-26-24-22-20-18-16-14-12-10-8-6-4-2;3-2(4,5)1(6)7/h39H,3-38,42H2,1-2H3;(H,6,7)/t39-;/m0./s1. The number of carboxylic acids is 1. The number of rotatable bonds is 38. The Labute approximate surface area is 322 Å². The van der Waals surface area contributed by atoms with Crippen molar-refractivity contribution in [3.8, 4) is 0 Å². The molecule has 10 heteroatoms. The predicted octanol–water partition coefficient (Wildman–Crippen LogP) is 13.3. The first-order valence-electron chi connectivity index (χ1n) is 21.9. The van der Waals surface area contributed by atoms with Crippen LogP contribution in [-0.2, 0) is 23.9 Å². The fourth-order valence-corrected chi connectivity index (χ4v) is 6.23. The Hall–Kier alpha value is -1.84. The molecule has 1 atom stereocenters. The number of nitrogens with two attached hydrogens (primary N) is 1. The van der Waals surface area contributed by atoms with E-state index >= 15 is 0 Å². The van der Waals surface area contributed by atoms with Crippen molar-refractivity contribution in [2.24, 2.45) is 5.73 Å². The summed E-state index contributed by atoms with van der Waals surface area (Å²) in [5, 5.41) is 7.12. The third-order valence-electron chi connectivity index (χ3n) is 9.71. The Morgan fingerprint density at radius 1 is 0.491 bits per heavy atom. The number of hydrogen-bond donors (Lipinski definition) is 2. The number of ether oxygens (including phenoxy) is 2. The van der Waals surface area contributed by atoms with Crippen LogP contribution in [0.15, 0.2) is 0 Å². The van der Waals surface area contributed by atoms with Crippen molar-refractivity contribution < 1.29 is 42.1 Å². The lowest BCUT2D eigenvalue weighted by atomic mass is 10.0. The van der Waals surface area contributed by atoms with Crippen LogP contribution in [-0.4, -0.2) is 48.4 Å². The van der Waals surface area contributed by atoms with Gasteiger partial charge in [-0.15, -0.1) is 0 Å². The smallest absolute Gasteiger partial charge is 0.475 e. The molecule has 0 aliphatic carbocycles. The van der Waals surface area contributed by atoms with E-state index in [4.69, 9.17) is 25.1 Å². The van der Waals surface area contributed by atoms with Crippen molar-refractivity contribution in [1.29, 1.82) is 0 Å². The quantitative estimate of drug-likeness (QED) is 0.0475. The summed E-state index contributed by atoms with van der Waals surface area (Å²) in [5.41, 5.74) is 5.95. The lowest BCUT2D eigenvalue weighted by molar-refractivity contribution is -0.192. The molecule has 0 aromatic carbocycles. The maximum atomic E-state index is 12.1. The van der Waals surface area contributed by atoms with Crippen molar-refractivity contribution in [3.63, 3.8) is 0 Å². The second-order valence-electron chi connectivity index (χ2n) is 14.9. The van der Waals surface area contributed by atoms with E-state index in [1.165, 1.54) is 180 Å². The zero-order chi connectivity index (χ0) is 39.7. The molecule has 0 unspecified atom stereocenters. The van der Waals surface area contributed by atoms with E-state index in [0.717, 1.165) is 25.7 Å². The summed E-state index contributed by atoms with van der Waals surface area (Å²) in [5.74, 6) is -3.42. The van der Waals surface area contributed by atoms with E-state index in [1.54, 1.807) is 0 Å². The molecule has 0 radical (unpaired) electrons. The summed E-state index contributed by atoms with van der Waals surface area (Å²) in [7, 11) is 0. The van der Waals surface area contributed by atoms with Gasteiger partial charge in [0.05, 0.1) is 13.2 Å². The summed E-state index contributed by atoms with van der Waals surface area (Å²) in [6.45, 7) is 5.45. The van der Waals surface area contributed by atoms with Gasteiger partial charge >= 0.3 is 24.1 Å². The second-order valence-corrected chi connectivity index (χ2v) is 14.9. The minimum absolute atomic E-state index is 0.175. The maximum Gasteiger partial charge on any atom is 0.490 e. The number of halogens is 3. The highest BCUT2D eigenvalue weighted by molar-refractivity contribution is 5.77. The molecule has 3 N–H and O–H groups in total. The van der Waals surface area contributed by atoms with Crippen LogP contribution in [0.3, 0.4) is 0 Å². The fourth-order valence-electron chi connectivity index (χ4n) is 6.23. The van der Waals surface area contributed by atoms with Gasteiger partial charge in [0, 0.05) is 6.42 Å². The number of alkyl halides is 3. The average Bonchev–Trinajstić information content (AvgIpc) is 3.12. The minimum atomic E-state index is -5.08. The SMILES string of the molecule is CCCCCCCCCCCCCCCCCCOC(=O)CC[C@H](N)C(=O)OCCCCCCCCCCCCCCCCCC.O=C(O)C(F)(F)F. The van der Waals surface area contributed by atoms with E-state index < -0.39 is 24.2 Å². The van der Waals surface area contributed by atoms with Crippen molar-refractivity contribution in [2.45, 2.75) is 244 Å². The van der Waals surface area contributed by atoms with E-state index in [2.05, 4.69) is 13.8 Å². The zero-order valence-corrected chi connectivity index (χ0v) is 34.2. The van der Waals surface area contributed by atoms with Gasteiger partial charge in [-0.05, 0) is 19.3 Å². The van der Waals surface area contributed by atoms with Crippen LogP contribution >= 0.6 is 0 Å². The number of esters is 2. The number of hydrogen-bond acceptors (Lipinski definition) is 6. The first-order chi connectivity index (χ1) is 25.6. The van der Waals surface area contributed by atoms with E-state index in [-0.39, 0.29) is 18.8 Å². The Balaban J connectivity index is 0. The fraction of sp³-hybridized carbons (Fsp3) is 0.930. The molecule has 0 saturated carbocycles. The Morgan fingerprint density at radius 3 is 1.00 bits per heavy atom. The largest absolute Gasteiger partial charge is 0.490 e. The molecule has 0 bridgehead atoms. The van der Waals surface area contributed by atoms with Crippen LogP contribution in [0, 0.1) is 0 Å². The van der Waals surface area contributed by atoms with Gasteiger partial charge in [-0.1, -0.05) is 206 Å². The molecule has 0 rings (SSSR count). The Bertz CT molecular complexity index is 811. The topological polar surface area (TPSA) is 116 Å². The zero-order valence-electron chi connectivity index (χ0n) is 34.2. The molecule has 0 aromatic heterocycles. The van der Waals surface area contributed by atoms with Crippen LogP contribution in [0.4, 0.5) is 13.2 Å². The summed E-state index contributed by atoms with van der Waals surface area (Å²) in [6, 6.07) is -0.746. The van der Waals surface area contributed by atoms with Crippen LogP contribution in [0.5, 0.6) is 0 Å². The summed E-state index contributed by atoms with van der Waals surface area (Å²) < 4.78 is 42.4. The third kappa shape index (κ3) is 44.4. The number of carbonyl (C=O) groups excluding carboxylic acids is 2. The van der Waals surface area contributed by atoms with E-state index in [1.807, 2.05) is 0 Å². The van der Waals surface area contributed by atoms with Crippen LogP contribution in [0.1, 0.15) is 232 Å². The van der Waals surface area contributed by atoms with E-state index in [9.17, 15) is 22.8 Å². The van der Waals surface area contributed by atoms with Crippen LogP contribution in [0.25, 0.3) is 0 Å². The Morgan fingerprint density at radius 2 is 0.736 bits per heavy atom. The molecular weight excluding hydrogens is 683 g/mol. The monoisotopic (exact) mass is 766 g/mol. The van der Waals surface area contributed by atoms with E-state index in [0.29, 0.717) is 13.2 Å². The maximum absolute atomic E-state index is 12.1. The molecule has 0 aliphatic rings. The molecule has 0 spiro atoms. The summed E-state index contributed by atoms with van der Waals surface area (Å²) >= 11 is 0. The highest BCUT2D eigenvalue weighted by atomic mass is 19.4. The van der Waals surface area contributed by atoms with Gasteiger partial charge in [-0.2, -0.15) is 13.2 Å². The lowest BCUT2D eigenvalue weighted by Crippen LogP contribution is -2.33. The van der Waals surface area contributed by atoms with Crippen LogP contribution < -0.4 is 5.73 Å². The second kappa shape index (κ2) is 41.3. The number of carboxylic acid groups (broad SMARTS) is 1. The highest BCUT2D eigenvalue weighted by Gasteiger charge is 2.38. The summed E-state index contributed by atoms with van der Waals surface area (Å²) in [4.78, 5) is 33.1. The first-order valence-corrected chi connectivity index (χ1v) is 21.9. The van der Waals surface area contributed by atoms with Gasteiger partial charge in [-0.3, -0.25) is 9.59 Å². The van der Waals surface area contributed by atoms with Crippen molar-refractivity contribution >= 4 is 17.9 Å². The molecule has 0 aromatic rings. The van der Waals surface area contributed by atoms with Crippen molar-refractivity contribution in [1.82, 2.24) is 0 Å². The van der Waals surface area contributed by atoms with Gasteiger partial charge < -0.3 is 20.3 Å². The van der Waals surface area contributed by atoms with Gasteiger partial charge in [0.25, 0.3) is 0 Å². The number of carbonyl (C=O) groups is 3. The minimum Gasteiger partial charge on any atom is -0.475 e. The molecule has 0 saturated heterocycles. The summed E-state index contributed by atoms with van der Waals surface area (Å²) in [6.07, 6.45) is 37.7. The molecule has 0 fully saturated rings. The lowest BCUT2D eigenvalue weighted by Gasteiger charge is -2.11. The molecule has 0 heterocycles. The molecule has 7 nitrogen and oxygen atoms in total. The Kier molecular flexibility index (Phi) is 41.5. The van der Waals surface area contributed by atoms with Crippen LogP contribution in [0.2, 0.25) is 0 Å². The van der Waals surface area contributed by atoms with Crippen molar-refractivity contribution in [2.75, 3.05) is 13.2 Å². The normalized spacial score (nSPS) is 11.9. The molecule has 316 valence electrons. The number of aliphatic carboxylic acids is 1. The number of unbranched alkanes of at least 4 members (excludes halogenated alkanes) is 30.